The van der Waals surface area contributed by atoms with E-state index in [9.17, 15) is 0 Å². The molecule has 102 valence electrons. The summed E-state index contributed by atoms with van der Waals surface area (Å²) in [4.78, 5) is 4.40. The quantitative estimate of drug-likeness (QED) is 0.652. The van der Waals surface area contributed by atoms with Crippen LogP contribution in [-0.2, 0) is 0 Å². The molecule has 0 bridgehead atoms. The van der Waals surface area contributed by atoms with Crippen LogP contribution in [0.3, 0.4) is 0 Å². The van der Waals surface area contributed by atoms with Crippen LogP contribution in [0.2, 0.25) is 10.0 Å². The predicted molar refractivity (Wildman–Crippen MR) is 85.3 cm³/mol. The summed E-state index contributed by atoms with van der Waals surface area (Å²) in [6.45, 7) is 1.94. The molecule has 0 fully saturated rings. The van der Waals surface area contributed by atoms with Gasteiger partial charge in [0.05, 0.1) is 20.3 Å². The van der Waals surface area contributed by atoms with Crippen LogP contribution in [0.1, 0.15) is 5.56 Å². The summed E-state index contributed by atoms with van der Waals surface area (Å²) < 4.78 is 6.73. The van der Waals surface area contributed by atoms with Crippen molar-refractivity contribution in [2.45, 2.75) is 6.92 Å². The van der Waals surface area contributed by atoms with Crippen molar-refractivity contribution < 1.29 is 4.74 Å². The lowest BCUT2D eigenvalue weighted by atomic mass is 10.2. The molecule has 0 unspecified atom stereocenters. The number of nitrogens with two attached hydrogens (primary N) is 1. The molecule has 3 aromatic rings. The van der Waals surface area contributed by atoms with E-state index in [2.05, 4.69) is 4.98 Å². The number of halogens is 2. The van der Waals surface area contributed by atoms with Crippen molar-refractivity contribution in [1.29, 1.82) is 0 Å². The van der Waals surface area contributed by atoms with Gasteiger partial charge in [-0.15, -0.1) is 0 Å². The smallest absolute Gasteiger partial charge is 0.279 e. The van der Waals surface area contributed by atoms with Crippen LogP contribution < -0.4 is 10.5 Å². The number of nitrogen functional groups attached to an aromatic ring is 1. The largest absolute Gasteiger partial charge is 0.431 e. The fourth-order valence-electron chi connectivity index (χ4n) is 1.83. The van der Waals surface area contributed by atoms with Gasteiger partial charge in [0.1, 0.15) is 5.75 Å². The van der Waals surface area contributed by atoms with Gasteiger partial charge in [0.25, 0.3) is 5.19 Å². The second-order valence-electron chi connectivity index (χ2n) is 4.34. The second kappa shape index (κ2) is 5.13. The Labute approximate surface area is 129 Å². The Kier molecular flexibility index (Phi) is 3.46. The highest BCUT2D eigenvalue weighted by atomic mass is 35.5. The summed E-state index contributed by atoms with van der Waals surface area (Å²) in [6, 6.07) is 9.01. The van der Waals surface area contributed by atoms with E-state index in [1.54, 1.807) is 18.2 Å². The van der Waals surface area contributed by atoms with Crippen LogP contribution in [0.15, 0.2) is 30.3 Å². The van der Waals surface area contributed by atoms with Crippen LogP contribution in [0.4, 0.5) is 5.69 Å². The monoisotopic (exact) mass is 324 g/mol. The molecule has 20 heavy (non-hydrogen) atoms. The minimum absolute atomic E-state index is 0.486. The van der Waals surface area contributed by atoms with Gasteiger partial charge in [-0.2, -0.15) is 0 Å². The third-order valence-corrected chi connectivity index (χ3v) is 4.43. The zero-order valence-corrected chi connectivity index (χ0v) is 12.8. The predicted octanol–water partition coefficient (Wildman–Crippen LogP) is 5.29. The molecule has 0 amide bonds. The lowest BCUT2D eigenvalue weighted by Gasteiger charge is -2.05. The molecule has 0 spiro atoms. The standard InChI is InChI=1S/C14H10Cl2N2OS/c1-7-4-8(17)2-3-12(7)19-14-18-11-5-9(15)10(16)6-13(11)20-14/h2-6H,17H2,1H3. The first-order valence-electron chi connectivity index (χ1n) is 5.82. The zero-order chi connectivity index (χ0) is 14.3. The molecule has 0 atom stereocenters. The van der Waals surface area contributed by atoms with Gasteiger partial charge in [0, 0.05) is 5.69 Å². The van der Waals surface area contributed by atoms with Crippen molar-refractivity contribution >= 4 is 50.4 Å². The Balaban J connectivity index is 1.98. The number of ether oxygens (including phenoxy) is 1. The summed E-state index contributed by atoms with van der Waals surface area (Å²) >= 11 is 13.4. The van der Waals surface area contributed by atoms with Gasteiger partial charge in [-0.05, 0) is 42.8 Å². The maximum Gasteiger partial charge on any atom is 0.279 e. The van der Waals surface area contributed by atoms with E-state index in [0.717, 1.165) is 21.5 Å². The highest BCUT2D eigenvalue weighted by Crippen LogP contribution is 2.36. The van der Waals surface area contributed by atoms with E-state index in [1.165, 1.54) is 11.3 Å². The molecule has 1 aromatic heterocycles. The van der Waals surface area contributed by atoms with E-state index in [-0.39, 0.29) is 0 Å². The normalized spacial score (nSPS) is 10.9. The molecule has 1 heterocycles. The number of thiazole rings is 1. The number of hydrogen-bond donors (Lipinski definition) is 1. The number of fused-ring (bicyclic) bond motifs is 1. The molecule has 0 radical (unpaired) electrons. The van der Waals surface area contributed by atoms with E-state index in [4.69, 9.17) is 33.7 Å². The fourth-order valence-corrected chi connectivity index (χ4v) is 3.06. The maximum absolute atomic E-state index is 5.99. The van der Waals surface area contributed by atoms with Crippen molar-refractivity contribution in [3.63, 3.8) is 0 Å². The van der Waals surface area contributed by atoms with E-state index >= 15 is 0 Å². The van der Waals surface area contributed by atoms with Gasteiger partial charge in [0.15, 0.2) is 0 Å². The molecule has 3 nitrogen and oxygen atoms in total. The van der Waals surface area contributed by atoms with Crippen molar-refractivity contribution in [3.05, 3.63) is 45.9 Å². The van der Waals surface area contributed by atoms with Crippen LogP contribution in [-0.4, -0.2) is 4.98 Å². The highest BCUT2D eigenvalue weighted by molar-refractivity contribution is 7.20. The molecule has 2 N–H and O–H groups in total. The van der Waals surface area contributed by atoms with Crippen molar-refractivity contribution in [1.82, 2.24) is 4.98 Å². The molecule has 3 rings (SSSR count). The van der Waals surface area contributed by atoms with Gasteiger partial charge >= 0.3 is 0 Å². The summed E-state index contributed by atoms with van der Waals surface area (Å²) in [7, 11) is 0. The first-order valence-corrected chi connectivity index (χ1v) is 7.40. The Morgan fingerprint density at radius 2 is 1.90 bits per heavy atom. The minimum Gasteiger partial charge on any atom is -0.431 e. The maximum atomic E-state index is 5.99. The number of benzene rings is 2. The zero-order valence-electron chi connectivity index (χ0n) is 10.5. The van der Waals surface area contributed by atoms with Gasteiger partial charge in [-0.25, -0.2) is 4.98 Å². The first-order chi connectivity index (χ1) is 9.52. The first kappa shape index (κ1) is 13.5. The molecule has 2 aromatic carbocycles. The topological polar surface area (TPSA) is 48.1 Å². The molecule has 6 heteroatoms. The Hall–Kier alpha value is -1.49. The summed E-state index contributed by atoms with van der Waals surface area (Å²) in [5.41, 5.74) is 8.15. The van der Waals surface area contributed by atoms with Crippen molar-refractivity contribution in [2.24, 2.45) is 0 Å². The van der Waals surface area contributed by atoms with Crippen LogP contribution in [0.25, 0.3) is 10.2 Å². The lowest BCUT2D eigenvalue weighted by Crippen LogP contribution is -1.90. The summed E-state index contributed by atoms with van der Waals surface area (Å²) in [6.07, 6.45) is 0. The van der Waals surface area contributed by atoms with E-state index < -0.39 is 0 Å². The van der Waals surface area contributed by atoms with Crippen LogP contribution in [0, 0.1) is 6.92 Å². The van der Waals surface area contributed by atoms with Gasteiger partial charge in [-0.1, -0.05) is 34.5 Å². The molecular weight excluding hydrogens is 315 g/mol. The van der Waals surface area contributed by atoms with Gasteiger partial charge in [0.2, 0.25) is 0 Å². The lowest BCUT2D eigenvalue weighted by molar-refractivity contribution is 0.476. The van der Waals surface area contributed by atoms with Crippen molar-refractivity contribution in [3.8, 4) is 10.9 Å². The molecule has 0 aliphatic carbocycles. The number of nitrogens with zero attached hydrogens (tertiary/aromatic N) is 1. The molecule has 0 saturated carbocycles. The Morgan fingerprint density at radius 3 is 2.65 bits per heavy atom. The average molecular weight is 325 g/mol. The Morgan fingerprint density at radius 1 is 1.15 bits per heavy atom. The summed E-state index contributed by atoms with van der Waals surface area (Å²) in [5, 5.41) is 1.55. The average Bonchev–Trinajstić information content (AvgIpc) is 2.75. The molecular formula is C14H10Cl2N2OS. The van der Waals surface area contributed by atoms with E-state index in [1.807, 2.05) is 19.1 Å². The Bertz CT molecular complexity index is 762. The molecule has 0 aliphatic heterocycles. The van der Waals surface area contributed by atoms with Gasteiger partial charge in [-0.3, -0.25) is 0 Å². The number of rotatable bonds is 2. The molecule has 0 aliphatic rings. The van der Waals surface area contributed by atoms with Crippen LogP contribution >= 0.6 is 34.5 Å². The number of anilines is 1. The van der Waals surface area contributed by atoms with Crippen LogP contribution in [0.5, 0.6) is 10.9 Å². The minimum atomic E-state index is 0.486. The number of aryl methyl sites for hydroxylation is 1. The number of hydrogen-bond acceptors (Lipinski definition) is 4. The third-order valence-electron chi connectivity index (χ3n) is 2.81. The summed E-state index contributed by atoms with van der Waals surface area (Å²) in [5.74, 6) is 0.732. The van der Waals surface area contributed by atoms with Crippen molar-refractivity contribution in [2.75, 3.05) is 5.73 Å². The fraction of sp³-hybridized carbons (Fsp3) is 0.0714. The van der Waals surface area contributed by atoms with Gasteiger partial charge < -0.3 is 10.5 Å². The second-order valence-corrected chi connectivity index (χ2v) is 6.15. The third kappa shape index (κ3) is 2.54. The highest BCUT2D eigenvalue weighted by Gasteiger charge is 2.10. The molecule has 0 saturated heterocycles. The SMILES string of the molecule is Cc1cc(N)ccc1Oc1nc2cc(Cl)c(Cl)cc2s1. The number of aromatic nitrogens is 1. The van der Waals surface area contributed by atoms with E-state index in [0.29, 0.717) is 20.9 Å².